The Morgan fingerprint density at radius 1 is 1.30 bits per heavy atom. The molecule has 0 spiro atoms. The van der Waals surface area contributed by atoms with E-state index in [1.807, 2.05) is 7.11 Å². The quantitative estimate of drug-likeness (QED) is 0.842. The van der Waals surface area contributed by atoms with Crippen LogP contribution in [0.3, 0.4) is 0 Å². The van der Waals surface area contributed by atoms with Crippen LogP contribution < -0.4 is 5.73 Å². The van der Waals surface area contributed by atoms with Gasteiger partial charge in [0.05, 0.1) is 6.61 Å². The van der Waals surface area contributed by atoms with E-state index < -0.39 is 0 Å². The van der Waals surface area contributed by atoms with Crippen LogP contribution in [-0.2, 0) is 4.74 Å². The normalized spacial score (nSPS) is 36.5. The Morgan fingerprint density at radius 2 is 2.10 bits per heavy atom. The van der Waals surface area contributed by atoms with Crippen molar-refractivity contribution < 1.29 is 4.74 Å². The lowest BCUT2D eigenvalue weighted by atomic mass is 9.70. The van der Waals surface area contributed by atoms with Gasteiger partial charge in [0.15, 0.2) is 0 Å². The Balaban J connectivity index is 2.05. The minimum Gasteiger partial charge on any atom is -0.384 e. The molecule has 20 heavy (non-hydrogen) atoms. The SMILES string of the molecule is COCC1CCCN(C2(CN)CCCC(C(C)C)C2)C1. The number of nitrogens with two attached hydrogens (primary N) is 1. The molecule has 2 N–H and O–H groups in total. The number of likely N-dealkylation sites (tertiary alicyclic amines) is 1. The van der Waals surface area contributed by atoms with Gasteiger partial charge in [0.2, 0.25) is 0 Å². The monoisotopic (exact) mass is 282 g/mol. The van der Waals surface area contributed by atoms with Gasteiger partial charge in [0.25, 0.3) is 0 Å². The first-order valence-electron chi connectivity index (χ1n) is 8.55. The van der Waals surface area contributed by atoms with Crippen molar-refractivity contribution in [2.45, 2.75) is 57.9 Å². The van der Waals surface area contributed by atoms with Gasteiger partial charge in [-0.3, -0.25) is 4.90 Å². The topological polar surface area (TPSA) is 38.5 Å². The van der Waals surface area contributed by atoms with E-state index in [-0.39, 0.29) is 5.54 Å². The maximum absolute atomic E-state index is 6.28. The summed E-state index contributed by atoms with van der Waals surface area (Å²) >= 11 is 0. The number of piperidine rings is 1. The van der Waals surface area contributed by atoms with Crippen LogP contribution in [0, 0.1) is 17.8 Å². The van der Waals surface area contributed by atoms with Gasteiger partial charge >= 0.3 is 0 Å². The highest BCUT2D eigenvalue weighted by molar-refractivity contribution is 4.98. The molecular weight excluding hydrogens is 248 g/mol. The van der Waals surface area contributed by atoms with E-state index in [1.165, 1.54) is 51.6 Å². The van der Waals surface area contributed by atoms with Gasteiger partial charge in [-0.05, 0) is 50.0 Å². The average Bonchev–Trinajstić information content (AvgIpc) is 2.48. The fourth-order valence-electron chi connectivity index (χ4n) is 4.42. The molecule has 2 rings (SSSR count). The molecule has 2 fully saturated rings. The van der Waals surface area contributed by atoms with Gasteiger partial charge < -0.3 is 10.5 Å². The van der Waals surface area contributed by atoms with Crippen molar-refractivity contribution in [3.63, 3.8) is 0 Å². The highest BCUT2D eigenvalue weighted by Crippen LogP contribution is 2.41. The standard InChI is InChI=1S/C17H34N2O/c1-14(2)16-7-4-8-17(10-16,13-18)19-9-5-6-15(11-19)12-20-3/h14-16H,4-13,18H2,1-3H3. The Morgan fingerprint density at radius 3 is 2.75 bits per heavy atom. The maximum atomic E-state index is 6.28. The van der Waals surface area contributed by atoms with Crippen molar-refractivity contribution in [2.75, 3.05) is 33.4 Å². The maximum Gasteiger partial charge on any atom is 0.0502 e. The molecule has 2 aliphatic rings. The third-order valence-electron chi connectivity index (χ3n) is 5.77. The van der Waals surface area contributed by atoms with Crippen molar-refractivity contribution in [1.29, 1.82) is 0 Å². The first kappa shape index (κ1) is 16.3. The first-order valence-corrected chi connectivity index (χ1v) is 8.55. The molecule has 0 amide bonds. The second-order valence-corrected chi connectivity index (χ2v) is 7.44. The Labute approximate surface area is 125 Å². The molecule has 3 unspecified atom stereocenters. The Hall–Kier alpha value is -0.120. The molecular formula is C17H34N2O. The summed E-state index contributed by atoms with van der Waals surface area (Å²) in [6.07, 6.45) is 7.98. The van der Waals surface area contributed by atoms with Crippen LogP contribution in [0.25, 0.3) is 0 Å². The Bertz CT molecular complexity index is 293. The fourth-order valence-corrected chi connectivity index (χ4v) is 4.42. The molecule has 3 nitrogen and oxygen atoms in total. The van der Waals surface area contributed by atoms with Crippen LogP contribution in [0.2, 0.25) is 0 Å². The summed E-state index contributed by atoms with van der Waals surface area (Å²) in [4.78, 5) is 2.73. The highest BCUT2D eigenvalue weighted by Gasteiger charge is 2.42. The second kappa shape index (κ2) is 7.24. The lowest BCUT2D eigenvalue weighted by molar-refractivity contribution is -0.0157. The first-order chi connectivity index (χ1) is 9.61. The summed E-state index contributed by atoms with van der Waals surface area (Å²) in [6, 6.07) is 0. The summed E-state index contributed by atoms with van der Waals surface area (Å²) in [5, 5.41) is 0. The minimum atomic E-state index is 0.277. The molecule has 118 valence electrons. The largest absolute Gasteiger partial charge is 0.384 e. The van der Waals surface area contributed by atoms with E-state index in [9.17, 15) is 0 Å². The van der Waals surface area contributed by atoms with Crippen LogP contribution in [-0.4, -0.2) is 43.8 Å². The number of rotatable bonds is 5. The van der Waals surface area contributed by atoms with Crippen LogP contribution in [0.4, 0.5) is 0 Å². The lowest BCUT2D eigenvalue weighted by Gasteiger charge is -2.51. The average molecular weight is 282 g/mol. The van der Waals surface area contributed by atoms with Gasteiger partial charge in [0, 0.05) is 25.7 Å². The zero-order chi connectivity index (χ0) is 14.6. The fraction of sp³-hybridized carbons (Fsp3) is 1.00. The molecule has 0 aromatic carbocycles. The third-order valence-corrected chi connectivity index (χ3v) is 5.77. The predicted molar refractivity (Wildman–Crippen MR) is 84.8 cm³/mol. The van der Waals surface area contributed by atoms with E-state index >= 15 is 0 Å². The van der Waals surface area contributed by atoms with E-state index in [1.54, 1.807) is 0 Å². The van der Waals surface area contributed by atoms with E-state index in [0.717, 1.165) is 25.0 Å². The van der Waals surface area contributed by atoms with Crippen molar-refractivity contribution in [3.8, 4) is 0 Å². The van der Waals surface area contributed by atoms with Gasteiger partial charge in [-0.25, -0.2) is 0 Å². The van der Waals surface area contributed by atoms with E-state index in [0.29, 0.717) is 5.92 Å². The van der Waals surface area contributed by atoms with E-state index in [2.05, 4.69) is 18.7 Å². The molecule has 1 aliphatic carbocycles. The molecule has 0 bridgehead atoms. The van der Waals surface area contributed by atoms with Crippen LogP contribution in [0.15, 0.2) is 0 Å². The molecule has 0 radical (unpaired) electrons. The van der Waals surface area contributed by atoms with Crippen molar-refractivity contribution in [1.82, 2.24) is 4.90 Å². The smallest absolute Gasteiger partial charge is 0.0502 e. The second-order valence-electron chi connectivity index (χ2n) is 7.44. The van der Waals surface area contributed by atoms with Crippen LogP contribution >= 0.6 is 0 Å². The molecule has 1 saturated carbocycles. The molecule has 3 heteroatoms. The summed E-state index contributed by atoms with van der Waals surface area (Å²) in [5.41, 5.74) is 6.56. The molecule has 0 aromatic rings. The van der Waals surface area contributed by atoms with Gasteiger partial charge in [-0.15, -0.1) is 0 Å². The molecule has 0 aromatic heterocycles. The summed E-state index contributed by atoms with van der Waals surface area (Å²) in [5.74, 6) is 2.35. The number of ether oxygens (including phenoxy) is 1. The highest BCUT2D eigenvalue weighted by atomic mass is 16.5. The van der Waals surface area contributed by atoms with Crippen LogP contribution in [0.5, 0.6) is 0 Å². The summed E-state index contributed by atoms with van der Waals surface area (Å²) < 4.78 is 5.38. The lowest BCUT2D eigenvalue weighted by Crippen LogP contribution is -2.59. The van der Waals surface area contributed by atoms with Crippen molar-refractivity contribution in [2.24, 2.45) is 23.5 Å². The van der Waals surface area contributed by atoms with Crippen molar-refractivity contribution >= 4 is 0 Å². The third kappa shape index (κ3) is 3.55. The van der Waals surface area contributed by atoms with Crippen molar-refractivity contribution in [3.05, 3.63) is 0 Å². The predicted octanol–water partition coefficient (Wildman–Crippen LogP) is 2.89. The molecule has 1 heterocycles. The molecule has 3 atom stereocenters. The summed E-state index contributed by atoms with van der Waals surface area (Å²) in [6.45, 7) is 8.92. The Kier molecular flexibility index (Phi) is 5.88. The van der Waals surface area contributed by atoms with E-state index in [4.69, 9.17) is 10.5 Å². The van der Waals surface area contributed by atoms with Gasteiger partial charge in [-0.2, -0.15) is 0 Å². The van der Waals surface area contributed by atoms with Gasteiger partial charge in [-0.1, -0.05) is 26.7 Å². The zero-order valence-electron chi connectivity index (χ0n) is 13.7. The number of hydrogen-bond acceptors (Lipinski definition) is 3. The number of hydrogen-bond donors (Lipinski definition) is 1. The summed E-state index contributed by atoms with van der Waals surface area (Å²) in [7, 11) is 1.83. The molecule has 1 saturated heterocycles. The number of methoxy groups -OCH3 is 1. The van der Waals surface area contributed by atoms with Gasteiger partial charge in [0.1, 0.15) is 0 Å². The van der Waals surface area contributed by atoms with Crippen LogP contribution in [0.1, 0.15) is 52.4 Å². The minimum absolute atomic E-state index is 0.277. The number of nitrogens with zero attached hydrogens (tertiary/aromatic N) is 1. The molecule has 1 aliphatic heterocycles. The zero-order valence-corrected chi connectivity index (χ0v) is 13.7.